The van der Waals surface area contributed by atoms with Crippen molar-refractivity contribution in [3.05, 3.63) is 61.0 Å². The van der Waals surface area contributed by atoms with E-state index in [1.54, 1.807) is 0 Å². The molecule has 5 heteroatoms. The summed E-state index contributed by atoms with van der Waals surface area (Å²) in [6, 6.07) is 10.1. The molecule has 0 saturated carbocycles. The zero-order chi connectivity index (χ0) is 14.3. The molecular weight excluding hydrogens is 380 g/mol. The van der Waals surface area contributed by atoms with E-state index in [0.29, 0.717) is 10.0 Å². The Bertz CT molecular complexity index is 672. The van der Waals surface area contributed by atoms with Gasteiger partial charge in [-0.15, -0.1) is 0 Å². The van der Waals surface area contributed by atoms with Crippen molar-refractivity contribution >= 4 is 56.4 Å². The number of nitrogens with one attached hydrogen (secondary N) is 1. The van der Waals surface area contributed by atoms with Gasteiger partial charge in [0.1, 0.15) is 0 Å². The summed E-state index contributed by atoms with van der Waals surface area (Å²) >= 11 is 21.8. The number of anilines is 1. The highest BCUT2D eigenvalue weighted by atomic mass is 79.9. The predicted octanol–water partition coefficient (Wildman–Crippen LogP) is 6.51. The van der Waals surface area contributed by atoms with Gasteiger partial charge in [-0.1, -0.05) is 40.9 Å². The van der Waals surface area contributed by atoms with Gasteiger partial charge in [-0.05, 0) is 64.2 Å². The molecule has 0 amide bonds. The van der Waals surface area contributed by atoms with Gasteiger partial charge in [0.25, 0.3) is 0 Å². The van der Waals surface area contributed by atoms with Crippen LogP contribution in [0.2, 0.25) is 15.1 Å². The molecule has 1 aliphatic carbocycles. The quantitative estimate of drug-likeness (QED) is 0.576. The molecule has 3 rings (SSSR count). The van der Waals surface area contributed by atoms with Gasteiger partial charge in [-0.25, -0.2) is 0 Å². The molecule has 0 fully saturated rings. The lowest BCUT2D eigenvalue weighted by atomic mass is 10.1. The number of benzene rings is 2. The van der Waals surface area contributed by atoms with Gasteiger partial charge in [-0.3, -0.25) is 0 Å². The molecule has 1 aliphatic rings. The fourth-order valence-electron chi connectivity index (χ4n) is 2.56. The van der Waals surface area contributed by atoms with Gasteiger partial charge in [0.05, 0.1) is 21.8 Å². The van der Waals surface area contributed by atoms with Crippen LogP contribution in [0.3, 0.4) is 0 Å². The Morgan fingerprint density at radius 3 is 2.65 bits per heavy atom. The third kappa shape index (κ3) is 2.67. The van der Waals surface area contributed by atoms with Crippen LogP contribution in [0, 0.1) is 0 Å². The van der Waals surface area contributed by atoms with Crippen LogP contribution < -0.4 is 5.32 Å². The fraction of sp³-hybridized carbons (Fsp3) is 0.200. The second-order valence-electron chi connectivity index (χ2n) is 4.80. The maximum Gasteiger partial charge on any atom is 0.0835 e. The van der Waals surface area contributed by atoms with Gasteiger partial charge in [0, 0.05) is 9.50 Å². The summed E-state index contributed by atoms with van der Waals surface area (Å²) < 4.78 is 0.799. The summed E-state index contributed by atoms with van der Waals surface area (Å²) in [6.07, 6.45) is 2.05. The molecule has 1 nitrogen and oxygen atoms in total. The van der Waals surface area contributed by atoms with Crippen LogP contribution in [0.15, 0.2) is 34.8 Å². The Kier molecular flexibility index (Phi) is 4.19. The molecule has 1 unspecified atom stereocenters. The summed E-state index contributed by atoms with van der Waals surface area (Å²) in [5.41, 5.74) is 3.44. The molecule has 0 radical (unpaired) electrons. The van der Waals surface area contributed by atoms with Crippen molar-refractivity contribution in [2.24, 2.45) is 0 Å². The van der Waals surface area contributed by atoms with Crippen LogP contribution in [0.1, 0.15) is 23.6 Å². The summed E-state index contributed by atoms with van der Waals surface area (Å²) in [5, 5.41) is 5.34. The van der Waals surface area contributed by atoms with Crippen LogP contribution in [-0.4, -0.2) is 0 Å². The Labute approximate surface area is 141 Å². The third-order valence-electron chi connectivity index (χ3n) is 3.55. The summed E-state index contributed by atoms with van der Waals surface area (Å²) in [5.74, 6) is 0. The highest BCUT2D eigenvalue weighted by molar-refractivity contribution is 9.10. The minimum atomic E-state index is 0.247. The number of hydrogen-bond acceptors (Lipinski definition) is 1. The highest BCUT2D eigenvalue weighted by Gasteiger charge is 2.23. The van der Waals surface area contributed by atoms with Crippen LogP contribution in [0.5, 0.6) is 0 Å². The molecule has 1 N–H and O–H groups in total. The molecule has 0 aromatic heterocycles. The van der Waals surface area contributed by atoms with Crippen LogP contribution in [-0.2, 0) is 6.42 Å². The highest BCUT2D eigenvalue weighted by Crippen LogP contribution is 2.40. The second kappa shape index (κ2) is 5.76. The average molecular weight is 392 g/mol. The smallest absolute Gasteiger partial charge is 0.0835 e. The number of halogens is 4. The van der Waals surface area contributed by atoms with Crippen molar-refractivity contribution in [3.63, 3.8) is 0 Å². The van der Waals surface area contributed by atoms with Crippen LogP contribution in [0.25, 0.3) is 0 Å². The maximum absolute atomic E-state index is 6.28. The molecular formula is C15H11BrCl3N. The summed E-state index contributed by atoms with van der Waals surface area (Å²) in [6.45, 7) is 0. The molecule has 0 saturated heterocycles. The van der Waals surface area contributed by atoms with Gasteiger partial charge in [-0.2, -0.15) is 0 Å². The molecule has 2 aromatic carbocycles. The first-order valence-corrected chi connectivity index (χ1v) is 8.17. The fourth-order valence-corrected chi connectivity index (χ4v) is 3.58. The lowest BCUT2D eigenvalue weighted by molar-refractivity contribution is 0.762. The molecule has 0 bridgehead atoms. The van der Waals surface area contributed by atoms with E-state index in [9.17, 15) is 0 Å². The second-order valence-corrected chi connectivity index (χ2v) is 6.85. The standard InChI is InChI=1S/C15H11BrCl3N/c16-11-4-6-13(15(19)14(11)18)20-12-5-1-8-7-9(17)2-3-10(8)12/h2-4,6-7,12,20H,1,5H2. The number of hydrogen-bond donors (Lipinski definition) is 1. The Hall–Kier alpha value is -0.410. The van der Waals surface area contributed by atoms with E-state index in [1.807, 2.05) is 24.3 Å². The molecule has 0 heterocycles. The normalized spacial score (nSPS) is 17.1. The largest absolute Gasteiger partial charge is 0.377 e. The van der Waals surface area contributed by atoms with Crippen molar-refractivity contribution in [1.29, 1.82) is 0 Å². The van der Waals surface area contributed by atoms with E-state index < -0.39 is 0 Å². The van der Waals surface area contributed by atoms with Crippen molar-refractivity contribution in [2.45, 2.75) is 18.9 Å². The minimum Gasteiger partial charge on any atom is -0.377 e. The van der Waals surface area contributed by atoms with E-state index in [4.69, 9.17) is 34.8 Å². The zero-order valence-electron chi connectivity index (χ0n) is 10.4. The monoisotopic (exact) mass is 389 g/mol. The molecule has 0 spiro atoms. The molecule has 20 heavy (non-hydrogen) atoms. The first-order valence-electron chi connectivity index (χ1n) is 6.24. The van der Waals surface area contributed by atoms with Gasteiger partial charge in [0.15, 0.2) is 0 Å². The van der Waals surface area contributed by atoms with Gasteiger partial charge in [0.2, 0.25) is 0 Å². The lowest BCUT2D eigenvalue weighted by Gasteiger charge is -2.17. The van der Waals surface area contributed by atoms with Gasteiger partial charge >= 0.3 is 0 Å². The van der Waals surface area contributed by atoms with Crippen molar-refractivity contribution in [1.82, 2.24) is 0 Å². The van der Waals surface area contributed by atoms with Crippen LogP contribution in [0.4, 0.5) is 5.69 Å². The lowest BCUT2D eigenvalue weighted by Crippen LogP contribution is -2.07. The van der Waals surface area contributed by atoms with E-state index in [0.717, 1.165) is 28.0 Å². The molecule has 104 valence electrons. The van der Waals surface area contributed by atoms with Crippen molar-refractivity contribution in [2.75, 3.05) is 5.32 Å². The van der Waals surface area contributed by atoms with Crippen LogP contribution >= 0.6 is 50.7 Å². The first-order chi connectivity index (χ1) is 9.56. The zero-order valence-corrected chi connectivity index (χ0v) is 14.2. The number of rotatable bonds is 2. The maximum atomic E-state index is 6.28. The Morgan fingerprint density at radius 1 is 1.05 bits per heavy atom. The Morgan fingerprint density at radius 2 is 1.85 bits per heavy atom. The molecule has 0 aliphatic heterocycles. The van der Waals surface area contributed by atoms with E-state index in [2.05, 4.69) is 27.3 Å². The summed E-state index contributed by atoms with van der Waals surface area (Å²) in [7, 11) is 0. The molecule has 1 atom stereocenters. The van der Waals surface area contributed by atoms with E-state index in [-0.39, 0.29) is 6.04 Å². The summed E-state index contributed by atoms with van der Waals surface area (Å²) in [4.78, 5) is 0. The average Bonchev–Trinajstić information content (AvgIpc) is 2.82. The van der Waals surface area contributed by atoms with Crippen molar-refractivity contribution < 1.29 is 0 Å². The van der Waals surface area contributed by atoms with E-state index in [1.165, 1.54) is 11.1 Å². The minimum absolute atomic E-state index is 0.247. The predicted molar refractivity (Wildman–Crippen MR) is 90.3 cm³/mol. The Balaban J connectivity index is 1.90. The molecule has 2 aromatic rings. The van der Waals surface area contributed by atoms with E-state index >= 15 is 0 Å². The third-order valence-corrected chi connectivity index (χ3v) is 5.55. The van der Waals surface area contributed by atoms with Crippen molar-refractivity contribution in [3.8, 4) is 0 Å². The number of aryl methyl sites for hydroxylation is 1. The number of fused-ring (bicyclic) bond motifs is 1. The topological polar surface area (TPSA) is 12.0 Å². The first kappa shape index (κ1) is 14.5. The van der Waals surface area contributed by atoms with Gasteiger partial charge < -0.3 is 5.32 Å². The SMILES string of the molecule is Clc1ccc2c(c1)CCC2Nc1ccc(Br)c(Cl)c1Cl.